The van der Waals surface area contributed by atoms with Gasteiger partial charge in [0.05, 0.1) is 12.8 Å². The molecule has 1 aromatic carbocycles. The van der Waals surface area contributed by atoms with Gasteiger partial charge in [-0.3, -0.25) is 4.79 Å². The Morgan fingerprint density at radius 3 is 3.00 bits per heavy atom. The molecule has 5 nitrogen and oxygen atoms in total. The third kappa shape index (κ3) is 2.09. The summed E-state index contributed by atoms with van der Waals surface area (Å²) < 4.78 is 5.26. The molecular formula is C14H19N3O2. The van der Waals surface area contributed by atoms with Crippen molar-refractivity contribution in [2.75, 3.05) is 37.4 Å². The number of carbonyl (C=O) groups is 1. The number of hydrogen-bond donors (Lipinski definition) is 1. The maximum atomic E-state index is 11.7. The normalized spacial score (nSPS) is 22.6. The first-order valence-corrected chi connectivity index (χ1v) is 6.67. The van der Waals surface area contributed by atoms with Gasteiger partial charge in [-0.05, 0) is 18.6 Å². The molecule has 1 unspecified atom stereocenters. The van der Waals surface area contributed by atoms with E-state index in [1.165, 1.54) is 0 Å². The number of amides is 1. The van der Waals surface area contributed by atoms with E-state index in [1.807, 2.05) is 23.1 Å². The third-order valence-electron chi connectivity index (χ3n) is 4.08. The predicted molar refractivity (Wildman–Crippen MR) is 74.4 cm³/mol. The van der Waals surface area contributed by atoms with Crippen molar-refractivity contribution in [3.8, 4) is 5.75 Å². The number of fused-ring (bicyclic) bond motifs is 1. The highest BCUT2D eigenvalue weighted by Crippen LogP contribution is 2.30. The fourth-order valence-corrected chi connectivity index (χ4v) is 3.00. The first-order valence-electron chi connectivity index (χ1n) is 6.67. The molecule has 0 aliphatic carbocycles. The minimum absolute atomic E-state index is 0.305. The number of benzene rings is 1. The molecule has 3 rings (SSSR count). The molecule has 0 radical (unpaired) electrons. The molecule has 0 bridgehead atoms. The lowest BCUT2D eigenvalue weighted by Crippen LogP contribution is -2.51. The highest BCUT2D eigenvalue weighted by atomic mass is 16.5. The van der Waals surface area contributed by atoms with Gasteiger partial charge in [-0.15, -0.1) is 0 Å². The molecule has 1 atom stereocenters. The van der Waals surface area contributed by atoms with Crippen molar-refractivity contribution in [2.45, 2.75) is 18.9 Å². The number of ether oxygens (including phenoxy) is 1. The molecular weight excluding hydrogens is 242 g/mol. The van der Waals surface area contributed by atoms with Crippen molar-refractivity contribution in [2.24, 2.45) is 0 Å². The molecule has 19 heavy (non-hydrogen) atoms. The lowest BCUT2D eigenvalue weighted by molar-refractivity contribution is -0.129. The standard InChI is InChI=1S/C14H19N3O2/c1-19-13-8-10(2-4-12(13)15)16-6-7-17-11(9-16)3-5-14(17)18/h2,4,8,11H,3,5-7,9,15H2,1H3. The minimum atomic E-state index is 0.305. The predicted octanol–water partition coefficient (Wildman–Crippen LogP) is 1.09. The number of nitrogens with two attached hydrogens (primary N) is 1. The van der Waals surface area contributed by atoms with Gasteiger partial charge in [0, 0.05) is 43.9 Å². The Kier molecular flexibility index (Phi) is 2.97. The monoisotopic (exact) mass is 261 g/mol. The number of piperazine rings is 1. The second-order valence-corrected chi connectivity index (χ2v) is 5.15. The summed E-state index contributed by atoms with van der Waals surface area (Å²) in [5.74, 6) is 1.02. The van der Waals surface area contributed by atoms with Crippen LogP contribution in [0.15, 0.2) is 18.2 Å². The maximum absolute atomic E-state index is 11.7. The number of nitrogens with zero attached hydrogens (tertiary/aromatic N) is 2. The number of carbonyl (C=O) groups excluding carboxylic acids is 1. The highest BCUT2D eigenvalue weighted by Gasteiger charge is 2.35. The second kappa shape index (κ2) is 4.64. The average Bonchev–Trinajstić information content (AvgIpc) is 2.80. The van der Waals surface area contributed by atoms with Crippen molar-refractivity contribution in [1.82, 2.24) is 4.90 Å². The Balaban J connectivity index is 1.78. The number of anilines is 2. The Bertz CT molecular complexity index is 503. The van der Waals surface area contributed by atoms with Crippen molar-refractivity contribution < 1.29 is 9.53 Å². The summed E-state index contributed by atoms with van der Waals surface area (Å²) in [6.45, 7) is 2.59. The smallest absolute Gasteiger partial charge is 0.223 e. The highest BCUT2D eigenvalue weighted by molar-refractivity contribution is 5.79. The van der Waals surface area contributed by atoms with Crippen molar-refractivity contribution in [3.05, 3.63) is 18.2 Å². The van der Waals surface area contributed by atoms with Gasteiger partial charge in [0.15, 0.2) is 0 Å². The van der Waals surface area contributed by atoms with Crippen molar-refractivity contribution >= 4 is 17.3 Å². The molecule has 102 valence electrons. The molecule has 0 aromatic heterocycles. The van der Waals surface area contributed by atoms with Crippen LogP contribution in [0, 0.1) is 0 Å². The summed E-state index contributed by atoms with van der Waals surface area (Å²) in [7, 11) is 1.63. The van der Waals surface area contributed by atoms with E-state index in [1.54, 1.807) is 7.11 Å². The van der Waals surface area contributed by atoms with Crippen LogP contribution in [-0.4, -0.2) is 43.6 Å². The van der Waals surface area contributed by atoms with E-state index in [-0.39, 0.29) is 0 Å². The molecule has 2 saturated heterocycles. The lowest BCUT2D eigenvalue weighted by atomic mass is 10.1. The topological polar surface area (TPSA) is 58.8 Å². The largest absolute Gasteiger partial charge is 0.495 e. The van der Waals surface area contributed by atoms with Gasteiger partial charge < -0.3 is 20.3 Å². The van der Waals surface area contributed by atoms with Crippen LogP contribution in [0.4, 0.5) is 11.4 Å². The van der Waals surface area contributed by atoms with Crippen LogP contribution in [0.25, 0.3) is 0 Å². The van der Waals surface area contributed by atoms with Crippen LogP contribution in [0.1, 0.15) is 12.8 Å². The quantitative estimate of drug-likeness (QED) is 0.810. The molecule has 1 amide bonds. The average molecular weight is 261 g/mol. The van der Waals surface area contributed by atoms with Crippen LogP contribution >= 0.6 is 0 Å². The summed E-state index contributed by atoms with van der Waals surface area (Å²) in [5.41, 5.74) is 7.61. The Morgan fingerprint density at radius 2 is 2.21 bits per heavy atom. The second-order valence-electron chi connectivity index (χ2n) is 5.15. The first-order chi connectivity index (χ1) is 9.19. The number of nitrogen functional groups attached to an aromatic ring is 1. The Hall–Kier alpha value is -1.91. The molecule has 5 heteroatoms. The lowest BCUT2D eigenvalue weighted by Gasteiger charge is -2.39. The van der Waals surface area contributed by atoms with Crippen molar-refractivity contribution in [3.63, 3.8) is 0 Å². The summed E-state index contributed by atoms with van der Waals surface area (Å²) >= 11 is 0. The van der Waals surface area contributed by atoms with E-state index in [0.717, 1.165) is 31.7 Å². The summed E-state index contributed by atoms with van der Waals surface area (Å²) in [6.07, 6.45) is 1.67. The number of methoxy groups -OCH3 is 1. The van der Waals surface area contributed by atoms with Crippen LogP contribution < -0.4 is 15.4 Å². The molecule has 0 saturated carbocycles. The van der Waals surface area contributed by atoms with Crippen LogP contribution in [0.5, 0.6) is 5.75 Å². The van der Waals surface area contributed by atoms with Crippen molar-refractivity contribution in [1.29, 1.82) is 0 Å². The zero-order valence-electron chi connectivity index (χ0n) is 11.1. The molecule has 1 aromatic rings. The summed E-state index contributed by atoms with van der Waals surface area (Å²) in [4.78, 5) is 16.0. The van der Waals surface area contributed by atoms with Gasteiger partial charge >= 0.3 is 0 Å². The van der Waals surface area contributed by atoms with E-state index < -0.39 is 0 Å². The van der Waals surface area contributed by atoms with Crippen LogP contribution in [0.3, 0.4) is 0 Å². The number of rotatable bonds is 2. The van der Waals surface area contributed by atoms with E-state index >= 15 is 0 Å². The van der Waals surface area contributed by atoms with E-state index in [9.17, 15) is 4.79 Å². The molecule has 2 aliphatic rings. The Morgan fingerprint density at radius 1 is 1.37 bits per heavy atom. The SMILES string of the molecule is COc1cc(N2CCN3C(=O)CCC3C2)ccc1N. The van der Waals surface area contributed by atoms with Gasteiger partial charge in [-0.2, -0.15) is 0 Å². The van der Waals surface area contributed by atoms with E-state index in [0.29, 0.717) is 29.8 Å². The molecule has 2 N–H and O–H groups in total. The summed E-state index contributed by atoms with van der Waals surface area (Å²) in [5, 5.41) is 0. The van der Waals surface area contributed by atoms with Gasteiger partial charge in [0.2, 0.25) is 5.91 Å². The zero-order chi connectivity index (χ0) is 13.4. The Labute approximate surface area is 112 Å². The summed E-state index contributed by atoms with van der Waals surface area (Å²) in [6, 6.07) is 6.23. The molecule has 2 heterocycles. The number of hydrogen-bond acceptors (Lipinski definition) is 4. The van der Waals surface area contributed by atoms with Gasteiger partial charge in [-0.25, -0.2) is 0 Å². The van der Waals surface area contributed by atoms with E-state index in [2.05, 4.69) is 4.90 Å². The van der Waals surface area contributed by atoms with Crippen LogP contribution in [0.2, 0.25) is 0 Å². The maximum Gasteiger partial charge on any atom is 0.223 e. The van der Waals surface area contributed by atoms with Gasteiger partial charge in [0.25, 0.3) is 0 Å². The van der Waals surface area contributed by atoms with Gasteiger partial charge in [0.1, 0.15) is 5.75 Å². The van der Waals surface area contributed by atoms with Gasteiger partial charge in [-0.1, -0.05) is 0 Å². The molecule has 2 aliphatic heterocycles. The molecule has 2 fully saturated rings. The zero-order valence-corrected chi connectivity index (χ0v) is 11.1. The third-order valence-corrected chi connectivity index (χ3v) is 4.08. The first kappa shape index (κ1) is 12.1. The van der Waals surface area contributed by atoms with E-state index in [4.69, 9.17) is 10.5 Å². The fraction of sp³-hybridized carbons (Fsp3) is 0.500. The molecule has 0 spiro atoms. The minimum Gasteiger partial charge on any atom is -0.495 e. The fourth-order valence-electron chi connectivity index (χ4n) is 3.00. The van der Waals surface area contributed by atoms with Crippen LogP contribution in [-0.2, 0) is 4.79 Å².